The Hall–Kier alpha value is -2.25. The first kappa shape index (κ1) is 35.6. The first-order valence-corrected chi connectivity index (χ1v) is 21.0. The van der Waals surface area contributed by atoms with Crippen LogP contribution in [0.4, 0.5) is 0 Å². The van der Waals surface area contributed by atoms with E-state index in [1.165, 1.54) is 70.0 Å². The molecule has 0 nitrogen and oxygen atoms in total. The number of halogens is 4. The number of rotatable bonds is 4. The zero-order valence-electron chi connectivity index (χ0n) is 28.1. The van der Waals surface area contributed by atoms with Crippen molar-refractivity contribution in [2.24, 2.45) is 0 Å². The molecule has 0 spiro atoms. The molecule has 0 aliphatic heterocycles. The first-order chi connectivity index (χ1) is 21.9. The Balaban J connectivity index is 0.00000201. The fraction of sp³-hybridized carbons (Fsp3) is 0.233. The van der Waals surface area contributed by atoms with Crippen molar-refractivity contribution >= 4 is 37.6 Å². The fourth-order valence-electron chi connectivity index (χ4n) is 8.67. The number of fused-ring (bicyclic) bond motifs is 5. The molecule has 5 heteroatoms. The third-order valence-electron chi connectivity index (χ3n) is 10.6. The Bertz CT molecular complexity index is 2040. The van der Waals surface area contributed by atoms with Gasteiger partial charge in [-0.2, -0.15) is 0 Å². The summed E-state index contributed by atoms with van der Waals surface area (Å²) < 4.78 is 3.40. The molecule has 4 aliphatic carbocycles. The Morgan fingerprint density at radius 3 is 1.56 bits per heavy atom. The third kappa shape index (κ3) is 5.67. The minimum absolute atomic E-state index is 0. The van der Waals surface area contributed by atoms with Crippen LogP contribution in [0.2, 0.25) is 10.0 Å². The van der Waals surface area contributed by atoms with Crippen molar-refractivity contribution in [1.29, 1.82) is 0 Å². The Kier molecular flexibility index (Phi) is 9.50. The van der Waals surface area contributed by atoms with Crippen LogP contribution >= 0.6 is 23.2 Å². The van der Waals surface area contributed by atoms with E-state index in [4.69, 9.17) is 23.2 Å². The van der Waals surface area contributed by atoms with Crippen LogP contribution in [0.25, 0.3) is 22.3 Å². The molecule has 0 bridgehead atoms. The molecule has 0 heterocycles. The van der Waals surface area contributed by atoms with Crippen molar-refractivity contribution in [2.75, 3.05) is 0 Å². The van der Waals surface area contributed by atoms with E-state index in [0.29, 0.717) is 3.63 Å². The monoisotopic (exact) mass is 784 g/mol. The van der Waals surface area contributed by atoms with Crippen molar-refractivity contribution < 1.29 is 46.1 Å². The molecule has 0 unspecified atom stereocenters. The fourth-order valence-corrected chi connectivity index (χ4v) is 18.0. The molecule has 0 amide bonds. The van der Waals surface area contributed by atoms with Gasteiger partial charge in [-0.25, -0.2) is 0 Å². The summed E-state index contributed by atoms with van der Waals surface area (Å²) in [6, 6.07) is 27.4. The number of hydrogen-bond acceptors (Lipinski definition) is 0. The standard InChI is InChI=1S/C25H25.C13H8Cl2.C5H5.2ClH.Zr/c1-14-12-24(3,4)22-8-16-7-17-9-23-19(15(2)13-25(23,5)6)11-21(17)20(16)10-18(14)22;14-12-5-1-3-10(8-12)7-11-4-2-6-13(15)9-11;1-2-4-5-3-1;;;/h7-13H,1-6H3;1-6,8-9H;1-3H,4H2;2*1H;/q;;;;;+2/p-2. The Labute approximate surface area is 315 Å². The van der Waals surface area contributed by atoms with Gasteiger partial charge in [0.25, 0.3) is 0 Å². The minimum atomic E-state index is -2.90. The quantitative estimate of drug-likeness (QED) is 0.232. The molecular formula is C43H38Cl4Zr. The maximum absolute atomic E-state index is 6.76. The van der Waals surface area contributed by atoms with Crippen LogP contribution in [0.3, 0.4) is 0 Å². The zero-order valence-corrected chi connectivity index (χ0v) is 33.6. The molecule has 8 rings (SSSR count). The van der Waals surface area contributed by atoms with Gasteiger partial charge in [0.15, 0.2) is 0 Å². The predicted molar refractivity (Wildman–Crippen MR) is 195 cm³/mol. The van der Waals surface area contributed by atoms with Gasteiger partial charge in [0.1, 0.15) is 0 Å². The molecule has 4 aromatic carbocycles. The summed E-state index contributed by atoms with van der Waals surface area (Å²) in [4.78, 5) is 0. The summed E-state index contributed by atoms with van der Waals surface area (Å²) >= 11 is 10.6. The second-order valence-electron chi connectivity index (χ2n) is 14.6. The van der Waals surface area contributed by atoms with Gasteiger partial charge < -0.3 is 24.8 Å². The van der Waals surface area contributed by atoms with Gasteiger partial charge in [-0.3, -0.25) is 0 Å². The molecule has 0 saturated carbocycles. The van der Waals surface area contributed by atoms with Gasteiger partial charge in [0.05, 0.1) is 0 Å². The average Bonchev–Trinajstić information content (AvgIpc) is 3.74. The predicted octanol–water partition coefficient (Wildman–Crippen LogP) is 6.19. The molecule has 4 aromatic rings. The maximum Gasteiger partial charge on any atom is -1.00 e. The smallest absolute Gasteiger partial charge is 1.00 e. The van der Waals surface area contributed by atoms with E-state index in [2.05, 4.69) is 133 Å². The summed E-state index contributed by atoms with van der Waals surface area (Å²) in [5.74, 6) is 0. The third-order valence-corrected chi connectivity index (χ3v) is 19.4. The zero-order chi connectivity index (χ0) is 32.1. The first-order valence-electron chi connectivity index (χ1n) is 16.3. The summed E-state index contributed by atoms with van der Waals surface area (Å²) in [6.45, 7) is 14.0. The summed E-state index contributed by atoms with van der Waals surface area (Å²) in [5.41, 5.74) is 16.8. The molecule has 0 aromatic heterocycles. The van der Waals surface area contributed by atoms with Crippen LogP contribution in [0.15, 0.2) is 106 Å². The van der Waals surface area contributed by atoms with E-state index in [1.54, 1.807) is 3.28 Å². The number of hydrogen-bond donors (Lipinski definition) is 0. The van der Waals surface area contributed by atoms with Crippen LogP contribution in [-0.4, -0.2) is 3.21 Å². The van der Waals surface area contributed by atoms with E-state index in [9.17, 15) is 0 Å². The van der Waals surface area contributed by atoms with Crippen LogP contribution < -0.4 is 24.8 Å². The molecule has 0 saturated heterocycles. The molecule has 242 valence electrons. The van der Waals surface area contributed by atoms with Crippen LogP contribution in [0.5, 0.6) is 0 Å². The van der Waals surface area contributed by atoms with Gasteiger partial charge in [-0.1, -0.05) is 0 Å². The number of allylic oxidation sites excluding steroid dienone is 8. The van der Waals surface area contributed by atoms with Gasteiger partial charge >= 0.3 is 293 Å². The van der Waals surface area contributed by atoms with Crippen LogP contribution in [0.1, 0.15) is 96.1 Å². The van der Waals surface area contributed by atoms with E-state index >= 15 is 0 Å². The van der Waals surface area contributed by atoms with E-state index in [-0.39, 0.29) is 35.6 Å². The van der Waals surface area contributed by atoms with Crippen molar-refractivity contribution in [3.8, 4) is 11.1 Å². The van der Waals surface area contributed by atoms with E-state index < -0.39 is 21.3 Å². The van der Waals surface area contributed by atoms with Crippen molar-refractivity contribution in [3.63, 3.8) is 0 Å². The molecular weight excluding hydrogens is 750 g/mol. The van der Waals surface area contributed by atoms with Gasteiger partial charge in [-0.15, -0.1) is 0 Å². The van der Waals surface area contributed by atoms with E-state index in [0.717, 1.165) is 16.5 Å². The van der Waals surface area contributed by atoms with Crippen molar-refractivity contribution in [3.05, 3.63) is 161 Å². The van der Waals surface area contributed by atoms with Crippen molar-refractivity contribution in [1.82, 2.24) is 0 Å². The molecule has 0 radical (unpaired) electrons. The summed E-state index contributed by atoms with van der Waals surface area (Å²) in [5, 5.41) is 1.54. The Morgan fingerprint density at radius 2 is 1.15 bits per heavy atom. The normalized spacial score (nSPS) is 17.1. The largest absolute Gasteiger partial charge is 1.00 e. The molecule has 4 aliphatic rings. The molecule has 0 fully saturated rings. The maximum atomic E-state index is 6.76. The molecule has 48 heavy (non-hydrogen) atoms. The van der Waals surface area contributed by atoms with E-state index in [1.807, 2.05) is 12.1 Å². The van der Waals surface area contributed by atoms with Gasteiger partial charge in [-0.05, 0) is 0 Å². The Morgan fingerprint density at radius 1 is 0.667 bits per heavy atom. The summed E-state index contributed by atoms with van der Waals surface area (Å²) in [6.07, 6.45) is 13.0. The van der Waals surface area contributed by atoms with Crippen molar-refractivity contribution in [2.45, 2.75) is 62.4 Å². The van der Waals surface area contributed by atoms with Gasteiger partial charge in [0, 0.05) is 0 Å². The van der Waals surface area contributed by atoms with Crippen LogP contribution in [0, 0.1) is 0 Å². The minimum Gasteiger partial charge on any atom is -1.00 e. The average molecular weight is 788 g/mol. The SMILES string of the molecule is CC1=CC(C)(C)c2cc3c(cc21)-c1cc2c(cc1[CH]3[Zr+2]([C]1=CC=CC1)=[C](c1cccc(Cl)c1)c1cccc(Cl)c1)C(C)(C)C=C2C.[Cl-].[Cl-]. The topological polar surface area (TPSA) is 0 Å². The molecule has 0 N–H and O–H groups in total. The second kappa shape index (κ2) is 12.8. The summed E-state index contributed by atoms with van der Waals surface area (Å²) in [7, 11) is 0. The molecule has 0 atom stereocenters. The van der Waals surface area contributed by atoms with Crippen LogP contribution in [-0.2, 0) is 32.1 Å². The number of benzene rings is 4. The second-order valence-corrected chi connectivity index (χ2v) is 21.8. The van der Waals surface area contributed by atoms with Gasteiger partial charge in [0.2, 0.25) is 0 Å².